The van der Waals surface area contributed by atoms with Gasteiger partial charge in [0.25, 0.3) is 0 Å². The van der Waals surface area contributed by atoms with Crippen molar-refractivity contribution in [1.82, 2.24) is 20.4 Å². The third kappa shape index (κ3) is 37.6. The van der Waals surface area contributed by atoms with Gasteiger partial charge in [0.15, 0.2) is 0 Å². The van der Waals surface area contributed by atoms with Gasteiger partial charge in [0.2, 0.25) is 11.8 Å². The first kappa shape index (κ1) is 59.8. The molecule has 0 unspecified atom stereocenters. The van der Waals surface area contributed by atoms with Gasteiger partial charge in [0, 0.05) is 51.6 Å². The SMILES string of the molecule is CCCCCCCCC(CCCCCCCC)CNC(=O)CCCCCN(CCO)CCN(CCCCCC(=O)NCC(CCCCCCCC)CCCCCCCC)C1CCC1. The molecule has 0 aliphatic heterocycles. The first-order chi connectivity index (χ1) is 31.0. The molecule has 0 atom stereocenters. The van der Waals surface area contributed by atoms with Crippen LogP contribution in [0.25, 0.3) is 0 Å². The number of rotatable bonds is 50. The van der Waals surface area contributed by atoms with Crippen molar-refractivity contribution >= 4 is 11.8 Å². The fourth-order valence-corrected chi connectivity index (χ4v) is 9.79. The topological polar surface area (TPSA) is 84.9 Å². The molecule has 1 rings (SSSR count). The number of carbonyl (C=O) groups excluding carboxylic acids is 2. The van der Waals surface area contributed by atoms with Crippen LogP contribution in [0.5, 0.6) is 0 Å². The molecule has 2 amide bonds. The first-order valence-electron chi connectivity index (χ1n) is 28.6. The van der Waals surface area contributed by atoms with Crippen LogP contribution in [0.15, 0.2) is 0 Å². The Morgan fingerprint density at radius 1 is 0.444 bits per heavy atom. The Balaban J connectivity index is 2.37. The van der Waals surface area contributed by atoms with E-state index in [0.29, 0.717) is 30.7 Å². The normalized spacial score (nSPS) is 13.2. The summed E-state index contributed by atoms with van der Waals surface area (Å²) in [6, 6.07) is 0.703. The van der Waals surface area contributed by atoms with E-state index in [2.05, 4.69) is 48.1 Å². The average Bonchev–Trinajstić information content (AvgIpc) is 3.26. The number of unbranched alkanes of at least 4 members (excludes halogenated alkanes) is 24. The molecule has 374 valence electrons. The number of amides is 2. The zero-order chi connectivity index (χ0) is 45.7. The van der Waals surface area contributed by atoms with Gasteiger partial charge in [0.1, 0.15) is 0 Å². The average molecular weight is 890 g/mol. The van der Waals surface area contributed by atoms with Crippen molar-refractivity contribution in [3.63, 3.8) is 0 Å². The van der Waals surface area contributed by atoms with Gasteiger partial charge in [0.05, 0.1) is 6.61 Å². The molecule has 7 heteroatoms. The largest absolute Gasteiger partial charge is 0.395 e. The predicted molar refractivity (Wildman–Crippen MR) is 275 cm³/mol. The Morgan fingerprint density at radius 3 is 1.17 bits per heavy atom. The predicted octanol–water partition coefficient (Wildman–Crippen LogP) is 14.7. The molecule has 63 heavy (non-hydrogen) atoms. The van der Waals surface area contributed by atoms with Crippen molar-refractivity contribution in [3.8, 4) is 0 Å². The number of hydrogen-bond donors (Lipinski definition) is 3. The summed E-state index contributed by atoms with van der Waals surface area (Å²) in [6.07, 6.45) is 48.9. The molecular weight excluding hydrogens is 777 g/mol. The third-order valence-electron chi connectivity index (χ3n) is 14.5. The van der Waals surface area contributed by atoms with Gasteiger partial charge in [-0.15, -0.1) is 0 Å². The van der Waals surface area contributed by atoms with E-state index in [1.54, 1.807) is 0 Å². The minimum absolute atomic E-state index is 0.200. The van der Waals surface area contributed by atoms with Crippen LogP contribution in [0.3, 0.4) is 0 Å². The molecule has 1 saturated carbocycles. The van der Waals surface area contributed by atoms with E-state index < -0.39 is 0 Å². The number of hydrogen-bond acceptors (Lipinski definition) is 5. The molecule has 0 radical (unpaired) electrons. The van der Waals surface area contributed by atoms with Crippen LogP contribution < -0.4 is 10.6 Å². The standard InChI is InChI=1S/C56H112N4O3/c1-5-9-13-17-21-27-36-52(37-28-22-18-14-10-6-2)50-57-55(62)42-31-25-33-44-59(48-49-61)46-47-60(54-40-35-41-54)45-34-26-32-43-56(63)58-51-53(38-29-23-19-15-11-7-3)39-30-24-20-16-12-8-4/h52-54,61H,5-51H2,1-4H3,(H,57,62)(H,58,63). The highest BCUT2D eigenvalue weighted by atomic mass is 16.3. The molecule has 0 heterocycles. The Labute approximate surface area is 394 Å². The minimum Gasteiger partial charge on any atom is -0.395 e. The lowest BCUT2D eigenvalue weighted by atomic mass is 9.91. The lowest BCUT2D eigenvalue weighted by Crippen LogP contribution is -2.45. The number of aliphatic hydroxyl groups excluding tert-OH is 1. The van der Waals surface area contributed by atoms with Gasteiger partial charge in [-0.05, 0) is 89.1 Å². The second kappa shape index (κ2) is 46.0. The summed E-state index contributed by atoms with van der Waals surface area (Å²) in [4.78, 5) is 30.9. The molecule has 0 spiro atoms. The molecule has 1 fully saturated rings. The fourth-order valence-electron chi connectivity index (χ4n) is 9.79. The molecule has 0 bridgehead atoms. The summed E-state index contributed by atoms with van der Waals surface area (Å²) in [6.45, 7) is 16.0. The van der Waals surface area contributed by atoms with Gasteiger partial charge < -0.3 is 15.7 Å². The van der Waals surface area contributed by atoms with Gasteiger partial charge in [-0.1, -0.05) is 201 Å². The minimum atomic E-state index is 0.200. The molecule has 7 nitrogen and oxygen atoms in total. The number of carbonyl (C=O) groups is 2. The first-order valence-corrected chi connectivity index (χ1v) is 28.6. The van der Waals surface area contributed by atoms with Crippen molar-refractivity contribution in [3.05, 3.63) is 0 Å². The van der Waals surface area contributed by atoms with E-state index >= 15 is 0 Å². The molecule has 0 saturated heterocycles. The Bertz CT molecular complexity index is 944. The van der Waals surface area contributed by atoms with Gasteiger partial charge >= 0.3 is 0 Å². The highest BCUT2D eigenvalue weighted by Crippen LogP contribution is 2.26. The fraction of sp³-hybridized carbons (Fsp3) is 0.964. The Kier molecular flexibility index (Phi) is 43.6. The third-order valence-corrected chi connectivity index (χ3v) is 14.5. The van der Waals surface area contributed by atoms with Crippen molar-refractivity contribution in [2.45, 2.75) is 284 Å². The van der Waals surface area contributed by atoms with Crippen LogP contribution in [-0.4, -0.2) is 85.2 Å². The van der Waals surface area contributed by atoms with E-state index in [1.165, 1.54) is 199 Å². The van der Waals surface area contributed by atoms with Crippen LogP contribution in [0.4, 0.5) is 0 Å². The highest BCUT2D eigenvalue weighted by Gasteiger charge is 2.25. The molecule has 0 aromatic carbocycles. The maximum atomic E-state index is 12.9. The van der Waals surface area contributed by atoms with E-state index in [9.17, 15) is 14.7 Å². The van der Waals surface area contributed by atoms with Crippen LogP contribution >= 0.6 is 0 Å². The van der Waals surface area contributed by atoms with Crippen molar-refractivity contribution < 1.29 is 14.7 Å². The van der Waals surface area contributed by atoms with Crippen molar-refractivity contribution in [1.29, 1.82) is 0 Å². The van der Waals surface area contributed by atoms with Crippen LogP contribution in [0, 0.1) is 11.8 Å². The smallest absolute Gasteiger partial charge is 0.220 e. The summed E-state index contributed by atoms with van der Waals surface area (Å²) < 4.78 is 0. The molecular formula is C56H112N4O3. The molecule has 0 aromatic rings. The summed E-state index contributed by atoms with van der Waals surface area (Å²) in [5.74, 6) is 1.77. The number of aliphatic hydroxyl groups is 1. The molecule has 3 N–H and O–H groups in total. The maximum absolute atomic E-state index is 12.9. The molecule has 1 aliphatic rings. The quantitative estimate of drug-likeness (QED) is 0.0530. The van der Waals surface area contributed by atoms with E-state index in [-0.39, 0.29) is 18.4 Å². The lowest BCUT2D eigenvalue weighted by Gasteiger charge is -2.39. The summed E-state index contributed by atoms with van der Waals surface area (Å²) >= 11 is 0. The van der Waals surface area contributed by atoms with E-state index in [4.69, 9.17) is 0 Å². The van der Waals surface area contributed by atoms with Crippen LogP contribution in [-0.2, 0) is 9.59 Å². The van der Waals surface area contributed by atoms with Crippen molar-refractivity contribution in [2.24, 2.45) is 11.8 Å². The van der Waals surface area contributed by atoms with E-state index in [1.807, 2.05) is 0 Å². The molecule has 0 aromatic heterocycles. The van der Waals surface area contributed by atoms with Crippen LogP contribution in [0.1, 0.15) is 278 Å². The second-order valence-electron chi connectivity index (χ2n) is 20.4. The maximum Gasteiger partial charge on any atom is 0.220 e. The Morgan fingerprint density at radius 2 is 0.810 bits per heavy atom. The lowest BCUT2D eigenvalue weighted by molar-refractivity contribution is -0.122. The zero-order valence-electron chi connectivity index (χ0n) is 43.1. The van der Waals surface area contributed by atoms with E-state index in [0.717, 1.165) is 84.3 Å². The summed E-state index contributed by atoms with van der Waals surface area (Å²) in [7, 11) is 0. The monoisotopic (exact) mass is 889 g/mol. The van der Waals surface area contributed by atoms with Gasteiger partial charge in [-0.2, -0.15) is 0 Å². The second-order valence-corrected chi connectivity index (χ2v) is 20.4. The van der Waals surface area contributed by atoms with Gasteiger partial charge in [-0.25, -0.2) is 0 Å². The van der Waals surface area contributed by atoms with Gasteiger partial charge in [-0.3, -0.25) is 19.4 Å². The molecule has 1 aliphatic carbocycles. The zero-order valence-corrected chi connectivity index (χ0v) is 43.1. The number of nitrogens with one attached hydrogen (secondary N) is 2. The van der Waals surface area contributed by atoms with Crippen LogP contribution in [0.2, 0.25) is 0 Å². The number of nitrogens with zero attached hydrogens (tertiary/aromatic N) is 2. The summed E-state index contributed by atoms with van der Waals surface area (Å²) in [5, 5.41) is 16.6. The van der Waals surface area contributed by atoms with Crippen molar-refractivity contribution in [2.75, 3.05) is 52.4 Å². The highest BCUT2D eigenvalue weighted by molar-refractivity contribution is 5.76. The summed E-state index contributed by atoms with van der Waals surface area (Å²) in [5.41, 5.74) is 0. The Hall–Kier alpha value is -1.18.